The van der Waals surface area contributed by atoms with E-state index in [0.717, 1.165) is 11.5 Å². The molecule has 5 nitrogen and oxygen atoms in total. The average Bonchev–Trinajstić information content (AvgIpc) is 2.65. The smallest absolute Gasteiger partial charge is 0.264 e. The zero-order chi connectivity index (χ0) is 10.6. The molecular weight excluding hydrogens is 200 g/mol. The largest absolute Gasteiger partial charge is 0.347 e. The fourth-order valence-corrected chi connectivity index (χ4v) is 1.42. The Morgan fingerprint density at radius 2 is 2.43 bits per heavy atom. The third-order valence-corrected chi connectivity index (χ3v) is 2.62. The van der Waals surface area contributed by atoms with Crippen LogP contribution in [0.5, 0.6) is 0 Å². The molecule has 1 heterocycles. The van der Waals surface area contributed by atoms with Gasteiger partial charge >= 0.3 is 0 Å². The molecule has 0 spiro atoms. The van der Waals surface area contributed by atoms with Crippen molar-refractivity contribution < 1.29 is 4.79 Å². The van der Waals surface area contributed by atoms with Crippen LogP contribution in [-0.2, 0) is 0 Å². The number of aromatic nitrogens is 2. The van der Waals surface area contributed by atoms with E-state index in [-0.39, 0.29) is 11.9 Å². The summed E-state index contributed by atoms with van der Waals surface area (Å²) in [6.45, 7) is 4.47. The van der Waals surface area contributed by atoms with E-state index in [9.17, 15) is 4.79 Å². The number of hydrogen-bond donors (Lipinski definition) is 2. The monoisotopic (exact) mass is 214 g/mol. The summed E-state index contributed by atoms with van der Waals surface area (Å²) in [5.41, 5.74) is 5.53. The maximum atomic E-state index is 11.5. The minimum atomic E-state index is -0.149. The van der Waals surface area contributed by atoms with Crippen molar-refractivity contribution in [2.45, 2.75) is 19.9 Å². The summed E-state index contributed by atoms with van der Waals surface area (Å²) >= 11 is 1.08. The summed E-state index contributed by atoms with van der Waals surface area (Å²) in [5, 5.41) is 6.43. The van der Waals surface area contributed by atoms with Gasteiger partial charge in [0.05, 0.1) is 6.20 Å². The minimum Gasteiger partial charge on any atom is -0.347 e. The van der Waals surface area contributed by atoms with Crippen molar-refractivity contribution in [1.29, 1.82) is 0 Å². The molecule has 1 aromatic heterocycles. The maximum absolute atomic E-state index is 11.5. The van der Waals surface area contributed by atoms with E-state index in [2.05, 4.69) is 14.9 Å². The van der Waals surface area contributed by atoms with Gasteiger partial charge in [-0.1, -0.05) is 18.3 Å². The van der Waals surface area contributed by atoms with Crippen molar-refractivity contribution in [3.63, 3.8) is 0 Å². The van der Waals surface area contributed by atoms with Crippen molar-refractivity contribution in [2.75, 3.05) is 6.54 Å². The molecule has 1 rings (SSSR count). The maximum Gasteiger partial charge on any atom is 0.264 e. The molecule has 0 fully saturated rings. The normalized spacial score (nSPS) is 12.9. The van der Waals surface area contributed by atoms with E-state index < -0.39 is 0 Å². The molecule has 1 aromatic rings. The van der Waals surface area contributed by atoms with E-state index in [0.29, 0.717) is 17.3 Å². The summed E-state index contributed by atoms with van der Waals surface area (Å²) in [6, 6.07) is 0.00426. The lowest BCUT2D eigenvalue weighted by molar-refractivity contribution is 0.0931. The van der Waals surface area contributed by atoms with E-state index in [1.165, 1.54) is 6.20 Å². The molecule has 1 atom stereocenters. The Hall–Kier alpha value is -1.01. The molecule has 0 aliphatic carbocycles. The fourth-order valence-electron chi connectivity index (χ4n) is 1.00. The molecule has 78 valence electrons. The molecule has 1 amide bonds. The Balaban J connectivity index is 2.56. The van der Waals surface area contributed by atoms with Gasteiger partial charge in [-0.15, -0.1) is 5.10 Å². The highest BCUT2D eigenvalue weighted by atomic mass is 32.1. The Morgan fingerprint density at radius 3 is 2.86 bits per heavy atom. The Bertz CT molecular complexity index is 286. The van der Waals surface area contributed by atoms with E-state index in [4.69, 9.17) is 5.73 Å². The molecule has 0 aromatic carbocycles. The molecule has 14 heavy (non-hydrogen) atoms. The van der Waals surface area contributed by atoms with Gasteiger partial charge in [-0.3, -0.25) is 4.79 Å². The van der Waals surface area contributed by atoms with Gasteiger partial charge in [-0.25, -0.2) is 0 Å². The molecule has 0 aliphatic heterocycles. The van der Waals surface area contributed by atoms with Crippen molar-refractivity contribution in [3.05, 3.63) is 11.1 Å². The molecule has 1 unspecified atom stereocenters. The lowest BCUT2D eigenvalue weighted by Crippen LogP contribution is -2.43. The number of rotatable bonds is 4. The highest BCUT2D eigenvalue weighted by molar-refractivity contribution is 7.07. The summed E-state index contributed by atoms with van der Waals surface area (Å²) in [5.74, 6) is 0.175. The van der Waals surface area contributed by atoms with Crippen molar-refractivity contribution in [2.24, 2.45) is 11.7 Å². The van der Waals surface area contributed by atoms with E-state index in [1.54, 1.807) is 0 Å². The first-order valence-electron chi connectivity index (χ1n) is 4.43. The van der Waals surface area contributed by atoms with Gasteiger partial charge in [-0.2, -0.15) is 0 Å². The van der Waals surface area contributed by atoms with Gasteiger partial charge in [0.15, 0.2) is 0 Å². The van der Waals surface area contributed by atoms with Crippen LogP contribution >= 0.6 is 11.5 Å². The molecule has 6 heteroatoms. The number of hydrogen-bond acceptors (Lipinski definition) is 5. The summed E-state index contributed by atoms with van der Waals surface area (Å²) in [6.07, 6.45) is 1.45. The van der Waals surface area contributed by atoms with Crippen LogP contribution in [0.2, 0.25) is 0 Å². The standard InChI is InChI=1S/C8H14N4OS/c1-5(2)6(3-9)11-8(13)7-4-10-12-14-7/h4-6H,3,9H2,1-2H3,(H,11,13). The van der Waals surface area contributed by atoms with E-state index >= 15 is 0 Å². The minimum absolute atomic E-state index is 0.00426. The molecule has 0 bridgehead atoms. The first-order chi connectivity index (χ1) is 6.65. The van der Waals surface area contributed by atoms with Crippen LogP contribution in [0, 0.1) is 5.92 Å². The second-order valence-electron chi connectivity index (χ2n) is 3.34. The van der Waals surface area contributed by atoms with Crippen LogP contribution in [-0.4, -0.2) is 28.1 Å². The van der Waals surface area contributed by atoms with Gasteiger partial charge in [0, 0.05) is 12.6 Å². The van der Waals surface area contributed by atoms with Gasteiger partial charge in [0.25, 0.3) is 5.91 Å². The van der Waals surface area contributed by atoms with E-state index in [1.807, 2.05) is 13.8 Å². The topological polar surface area (TPSA) is 80.9 Å². The second-order valence-corrected chi connectivity index (χ2v) is 4.13. The third kappa shape index (κ3) is 2.74. The second kappa shape index (κ2) is 5.02. The molecular formula is C8H14N4OS. The number of carbonyl (C=O) groups is 1. The van der Waals surface area contributed by atoms with Crippen LogP contribution < -0.4 is 11.1 Å². The van der Waals surface area contributed by atoms with Gasteiger partial charge in [0.1, 0.15) is 4.88 Å². The molecule has 3 N–H and O–H groups in total. The average molecular weight is 214 g/mol. The molecule has 0 saturated heterocycles. The van der Waals surface area contributed by atoms with Gasteiger partial charge in [-0.05, 0) is 17.5 Å². The zero-order valence-corrected chi connectivity index (χ0v) is 9.04. The third-order valence-electron chi connectivity index (χ3n) is 1.96. The number of nitrogens with two attached hydrogens (primary N) is 1. The number of amides is 1. The SMILES string of the molecule is CC(C)C(CN)NC(=O)c1cnns1. The molecule has 0 saturated carbocycles. The Morgan fingerprint density at radius 1 is 1.71 bits per heavy atom. The lowest BCUT2D eigenvalue weighted by atomic mass is 10.0. The molecule has 0 aliphatic rings. The highest BCUT2D eigenvalue weighted by Crippen LogP contribution is 2.05. The van der Waals surface area contributed by atoms with Gasteiger partial charge < -0.3 is 11.1 Å². The van der Waals surface area contributed by atoms with Crippen LogP contribution in [0.15, 0.2) is 6.20 Å². The first-order valence-corrected chi connectivity index (χ1v) is 5.20. The number of carbonyl (C=O) groups excluding carboxylic acids is 1. The number of nitrogens with one attached hydrogen (secondary N) is 1. The predicted molar refractivity (Wildman–Crippen MR) is 55.1 cm³/mol. The Kier molecular flexibility index (Phi) is 3.97. The zero-order valence-electron chi connectivity index (χ0n) is 8.23. The van der Waals surface area contributed by atoms with Crippen molar-refractivity contribution in [1.82, 2.24) is 14.9 Å². The lowest BCUT2D eigenvalue weighted by Gasteiger charge is -2.19. The Labute approximate surface area is 86.9 Å². The van der Waals surface area contributed by atoms with Crippen LogP contribution in [0.4, 0.5) is 0 Å². The highest BCUT2D eigenvalue weighted by Gasteiger charge is 2.16. The predicted octanol–water partition coefficient (Wildman–Crippen LogP) is 0.251. The van der Waals surface area contributed by atoms with Crippen molar-refractivity contribution in [3.8, 4) is 0 Å². The van der Waals surface area contributed by atoms with Crippen LogP contribution in [0.25, 0.3) is 0 Å². The summed E-state index contributed by atoms with van der Waals surface area (Å²) in [4.78, 5) is 12.1. The van der Waals surface area contributed by atoms with Crippen molar-refractivity contribution >= 4 is 17.4 Å². The molecule has 0 radical (unpaired) electrons. The quantitative estimate of drug-likeness (QED) is 0.753. The first kappa shape index (κ1) is 11.1. The van der Waals surface area contributed by atoms with Crippen LogP contribution in [0.1, 0.15) is 23.5 Å². The van der Waals surface area contributed by atoms with Crippen LogP contribution in [0.3, 0.4) is 0 Å². The fraction of sp³-hybridized carbons (Fsp3) is 0.625. The summed E-state index contributed by atoms with van der Waals surface area (Å²) in [7, 11) is 0. The summed E-state index contributed by atoms with van der Waals surface area (Å²) < 4.78 is 3.62. The number of nitrogens with zero attached hydrogens (tertiary/aromatic N) is 2. The van der Waals surface area contributed by atoms with Gasteiger partial charge in [0.2, 0.25) is 0 Å².